The van der Waals surface area contributed by atoms with Crippen molar-refractivity contribution in [1.29, 1.82) is 0 Å². The van der Waals surface area contributed by atoms with Gasteiger partial charge >= 0.3 is 13.7 Å². The Bertz CT molecular complexity index is 342. The van der Waals surface area contributed by atoms with Crippen molar-refractivity contribution in [3.05, 3.63) is 29.6 Å². The summed E-state index contributed by atoms with van der Waals surface area (Å²) in [6.07, 6.45) is 0. The van der Waals surface area contributed by atoms with Crippen molar-refractivity contribution in [3.8, 4) is 5.75 Å². The summed E-state index contributed by atoms with van der Waals surface area (Å²) < 4.78 is 21.9. The molecule has 0 spiro atoms. The molecule has 1 radical (unpaired) electrons. The second-order valence-corrected chi connectivity index (χ2v) is 2.36. The van der Waals surface area contributed by atoms with Crippen molar-refractivity contribution in [2.75, 3.05) is 7.11 Å². The smallest absolute Gasteiger partial charge is 0.535 e. The summed E-state index contributed by atoms with van der Waals surface area (Å²) >= 11 is 0. The molecule has 0 unspecified atom stereocenters. The lowest BCUT2D eigenvalue weighted by Crippen LogP contribution is -2.05. The highest BCUT2D eigenvalue weighted by Crippen LogP contribution is 2.18. The van der Waals surface area contributed by atoms with E-state index in [9.17, 15) is 9.18 Å². The van der Waals surface area contributed by atoms with Crippen molar-refractivity contribution in [2.45, 2.75) is 0 Å². The Morgan fingerprint density at radius 3 is 2.79 bits per heavy atom. The van der Waals surface area contributed by atoms with Crippen LogP contribution in [-0.2, 0) is 4.74 Å². The van der Waals surface area contributed by atoms with Gasteiger partial charge in [-0.15, -0.1) is 0 Å². The molecule has 1 rings (SSSR count). The average molecular weight is 197 g/mol. The largest absolute Gasteiger partial charge is 0.569 e. The maximum Gasteiger partial charge on any atom is 0.569 e. The second-order valence-electron chi connectivity index (χ2n) is 2.36. The first kappa shape index (κ1) is 10.5. The molecule has 14 heavy (non-hydrogen) atoms. The molecule has 1 aromatic carbocycles. The molecular weight excluding hydrogens is 190 g/mol. The molecule has 6 heteroatoms. The number of rotatable bonds is 3. The number of methoxy groups -OCH3 is 1. The molecule has 73 valence electrons. The fourth-order valence-corrected chi connectivity index (χ4v) is 0.898. The minimum atomic E-state index is -0.752. The number of halogens is 1. The zero-order chi connectivity index (χ0) is 10.6. The average Bonchev–Trinajstić information content (AvgIpc) is 2.20. The summed E-state index contributed by atoms with van der Waals surface area (Å²) in [5, 5.41) is 8.26. The monoisotopic (exact) mass is 197 g/mol. The van der Waals surface area contributed by atoms with Crippen LogP contribution < -0.4 is 4.65 Å². The summed E-state index contributed by atoms with van der Waals surface area (Å²) in [5.74, 6) is -1.55. The molecule has 1 aromatic rings. The van der Waals surface area contributed by atoms with Gasteiger partial charge in [0.25, 0.3) is 0 Å². The number of carbonyl (C=O) groups excluding carboxylic acids is 1. The second kappa shape index (κ2) is 4.62. The summed E-state index contributed by atoms with van der Waals surface area (Å²) in [7, 11) is 1.56. The van der Waals surface area contributed by atoms with Crippen molar-refractivity contribution in [2.24, 2.45) is 0 Å². The van der Waals surface area contributed by atoms with Crippen LogP contribution in [0.2, 0.25) is 0 Å². The van der Waals surface area contributed by atoms with Crippen LogP contribution in [0.5, 0.6) is 5.75 Å². The van der Waals surface area contributed by atoms with Gasteiger partial charge in [0, 0.05) is 0 Å². The first-order chi connectivity index (χ1) is 6.69. The van der Waals surface area contributed by atoms with Crippen molar-refractivity contribution < 1.29 is 23.6 Å². The zero-order valence-corrected chi connectivity index (χ0v) is 7.36. The van der Waals surface area contributed by atoms with Crippen molar-refractivity contribution in [1.82, 2.24) is 0 Å². The zero-order valence-electron chi connectivity index (χ0n) is 7.36. The van der Waals surface area contributed by atoms with Gasteiger partial charge in [0.1, 0.15) is 5.75 Å². The van der Waals surface area contributed by atoms with Crippen LogP contribution in [0.25, 0.3) is 0 Å². The highest BCUT2D eigenvalue weighted by Gasteiger charge is 2.10. The predicted molar refractivity (Wildman–Crippen MR) is 46.3 cm³/mol. The highest BCUT2D eigenvalue weighted by molar-refractivity contribution is 6.17. The Hall–Kier alpha value is -1.56. The molecule has 0 aromatic heterocycles. The van der Waals surface area contributed by atoms with E-state index in [0.29, 0.717) is 7.69 Å². The van der Waals surface area contributed by atoms with Crippen molar-refractivity contribution >= 4 is 13.7 Å². The topological polar surface area (TPSA) is 55.8 Å². The maximum atomic E-state index is 13.1. The van der Waals surface area contributed by atoms with E-state index in [0.717, 1.165) is 6.07 Å². The van der Waals surface area contributed by atoms with Gasteiger partial charge in [0.2, 0.25) is 0 Å². The van der Waals surface area contributed by atoms with Gasteiger partial charge in [-0.25, -0.2) is 9.18 Å². The van der Waals surface area contributed by atoms with E-state index in [4.69, 9.17) is 5.02 Å². The summed E-state index contributed by atoms with van der Waals surface area (Å²) in [5.41, 5.74) is 0.0790. The van der Waals surface area contributed by atoms with Gasteiger partial charge in [0.05, 0.1) is 12.7 Å². The van der Waals surface area contributed by atoms with Crippen LogP contribution in [0, 0.1) is 5.82 Å². The number of hydrogen-bond donors (Lipinski definition) is 1. The van der Waals surface area contributed by atoms with Gasteiger partial charge in [-0.3, -0.25) is 0 Å². The van der Waals surface area contributed by atoms with E-state index in [-0.39, 0.29) is 11.3 Å². The van der Waals surface area contributed by atoms with Gasteiger partial charge in [-0.2, -0.15) is 0 Å². The Morgan fingerprint density at radius 2 is 2.29 bits per heavy atom. The number of benzene rings is 1. The molecule has 0 aliphatic heterocycles. The predicted octanol–water partition coefficient (Wildman–Crippen LogP) is 0.518. The number of esters is 1. The van der Waals surface area contributed by atoms with E-state index >= 15 is 0 Å². The molecule has 1 N–H and O–H groups in total. The lowest BCUT2D eigenvalue weighted by Gasteiger charge is -2.04. The van der Waals surface area contributed by atoms with Gasteiger partial charge in [-0.05, 0) is 18.2 Å². The molecule has 0 amide bonds. The molecule has 0 heterocycles. The lowest BCUT2D eigenvalue weighted by molar-refractivity contribution is 0.0600. The molecule has 0 bridgehead atoms. The molecule has 0 saturated carbocycles. The van der Waals surface area contributed by atoms with Crippen LogP contribution >= 0.6 is 0 Å². The molecule has 4 nitrogen and oxygen atoms in total. The molecule has 0 fully saturated rings. The number of carbonyl (C=O) groups is 1. The summed E-state index contributed by atoms with van der Waals surface area (Å²) in [6, 6.07) is 3.51. The number of hydrogen-bond acceptors (Lipinski definition) is 4. The minimum absolute atomic E-state index is 0.0790. The van der Waals surface area contributed by atoms with E-state index < -0.39 is 11.8 Å². The van der Waals surface area contributed by atoms with Gasteiger partial charge in [0.15, 0.2) is 5.82 Å². The minimum Gasteiger partial charge on any atom is -0.535 e. The Labute approximate surface area is 80.6 Å². The Balaban J connectivity index is 2.94. The quantitative estimate of drug-likeness (QED) is 0.566. The maximum absolute atomic E-state index is 13.1. The fourth-order valence-electron chi connectivity index (χ4n) is 0.898. The first-order valence-electron chi connectivity index (χ1n) is 3.69. The number of ether oxygens (including phenoxy) is 1. The lowest BCUT2D eigenvalue weighted by atomic mass is 10.2. The molecular formula is C8H7BFO4. The third-order valence-electron chi connectivity index (χ3n) is 1.53. The SMILES string of the molecule is COC(=O)c1ccc(O[B]O)c(F)c1. The van der Waals surface area contributed by atoms with Crippen LogP contribution in [-0.4, -0.2) is 25.8 Å². The van der Waals surface area contributed by atoms with Crippen LogP contribution in [0.1, 0.15) is 10.4 Å². The van der Waals surface area contributed by atoms with E-state index in [1.54, 1.807) is 0 Å². The van der Waals surface area contributed by atoms with Crippen LogP contribution in [0.15, 0.2) is 18.2 Å². The molecule has 0 aliphatic carbocycles. The van der Waals surface area contributed by atoms with Crippen molar-refractivity contribution in [3.63, 3.8) is 0 Å². The van der Waals surface area contributed by atoms with E-state index in [2.05, 4.69) is 9.39 Å². The fraction of sp³-hybridized carbons (Fsp3) is 0.125. The standard InChI is InChI=1S/C8H7BFO4/c1-13-8(11)5-2-3-7(14-9-12)6(10)4-5/h2-4,12H,1H3. The van der Waals surface area contributed by atoms with E-state index in [1.165, 1.54) is 19.2 Å². The third-order valence-corrected chi connectivity index (χ3v) is 1.53. The molecule has 0 aliphatic rings. The highest BCUT2D eigenvalue weighted by atomic mass is 19.1. The van der Waals surface area contributed by atoms with E-state index in [1.807, 2.05) is 0 Å². The first-order valence-corrected chi connectivity index (χ1v) is 3.69. The molecule has 0 atom stereocenters. The third kappa shape index (κ3) is 2.23. The summed E-state index contributed by atoms with van der Waals surface area (Å²) in [6.45, 7) is 0. The van der Waals surface area contributed by atoms with Crippen LogP contribution in [0.4, 0.5) is 4.39 Å². The Morgan fingerprint density at radius 1 is 1.57 bits per heavy atom. The molecule has 0 saturated heterocycles. The van der Waals surface area contributed by atoms with Gasteiger partial charge < -0.3 is 14.4 Å². The van der Waals surface area contributed by atoms with Crippen LogP contribution in [0.3, 0.4) is 0 Å². The normalized spacial score (nSPS) is 9.36. The Kier molecular flexibility index (Phi) is 3.47. The van der Waals surface area contributed by atoms with Gasteiger partial charge in [-0.1, -0.05) is 0 Å². The summed E-state index contributed by atoms with van der Waals surface area (Å²) in [4.78, 5) is 10.9.